The predicted octanol–water partition coefficient (Wildman–Crippen LogP) is 3.05. The monoisotopic (exact) mass is 365 g/mol. The zero-order chi connectivity index (χ0) is 18.6. The van der Waals surface area contributed by atoms with E-state index in [-0.39, 0.29) is 12.5 Å². The number of amides is 1. The highest BCUT2D eigenvalue weighted by Gasteiger charge is 2.25. The lowest BCUT2D eigenvalue weighted by Crippen LogP contribution is -2.38. The molecule has 2 aliphatic heterocycles. The number of hydrogen-bond donors (Lipinski definition) is 0. The summed E-state index contributed by atoms with van der Waals surface area (Å²) in [6.07, 6.45) is 0.888. The lowest BCUT2D eigenvalue weighted by molar-refractivity contribution is -0.134. The van der Waals surface area contributed by atoms with Gasteiger partial charge in [0.2, 0.25) is 5.91 Å². The van der Waals surface area contributed by atoms with Crippen LogP contribution in [0.3, 0.4) is 0 Å². The topological polar surface area (TPSA) is 54.4 Å². The Balaban J connectivity index is 1.65. The van der Waals surface area contributed by atoms with E-state index in [1.54, 1.807) is 7.11 Å². The van der Waals surface area contributed by atoms with Gasteiger partial charge in [-0.2, -0.15) is 0 Å². The molecule has 0 saturated carbocycles. The van der Waals surface area contributed by atoms with Crippen molar-refractivity contribution >= 4 is 17.4 Å². The van der Waals surface area contributed by atoms with Crippen LogP contribution < -0.4 is 4.74 Å². The van der Waals surface area contributed by atoms with Gasteiger partial charge in [-0.25, -0.2) is 4.99 Å². The van der Waals surface area contributed by atoms with Crippen molar-refractivity contribution in [3.8, 4) is 11.5 Å². The highest BCUT2D eigenvalue weighted by atomic mass is 16.5. The highest BCUT2D eigenvalue weighted by molar-refractivity contribution is 6.03. The van der Waals surface area contributed by atoms with E-state index in [0.717, 1.165) is 54.6 Å². The van der Waals surface area contributed by atoms with Crippen LogP contribution in [0.15, 0.2) is 53.5 Å². The fourth-order valence-corrected chi connectivity index (χ4v) is 3.50. The Kier molecular flexibility index (Phi) is 5.07. The summed E-state index contributed by atoms with van der Waals surface area (Å²) in [6, 6.07) is 15.8. The zero-order valence-corrected chi connectivity index (χ0v) is 15.4. The van der Waals surface area contributed by atoms with Gasteiger partial charge in [0.25, 0.3) is 0 Å². The first-order valence-corrected chi connectivity index (χ1v) is 9.23. The number of para-hydroxylation sites is 3. The lowest BCUT2D eigenvalue weighted by atomic mass is 10.1. The van der Waals surface area contributed by atoms with Crippen molar-refractivity contribution in [1.29, 1.82) is 0 Å². The molecule has 0 unspecified atom stereocenters. The van der Waals surface area contributed by atoms with Crippen molar-refractivity contribution in [3.05, 3.63) is 54.1 Å². The molecule has 0 aromatic heterocycles. The second-order valence-corrected chi connectivity index (χ2v) is 6.66. The molecule has 2 heterocycles. The Labute approximate surface area is 159 Å². The van der Waals surface area contributed by atoms with E-state index in [0.29, 0.717) is 6.54 Å². The molecular formula is C21H23N3O3. The Morgan fingerprint density at radius 3 is 2.67 bits per heavy atom. The third-order valence-electron chi connectivity index (χ3n) is 4.86. The van der Waals surface area contributed by atoms with Crippen molar-refractivity contribution in [1.82, 2.24) is 9.80 Å². The second-order valence-electron chi connectivity index (χ2n) is 6.66. The Hall–Kier alpha value is -2.86. The molecule has 27 heavy (non-hydrogen) atoms. The van der Waals surface area contributed by atoms with Gasteiger partial charge in [0, 0.05) is 33.3 Å². The Bertz CT molecular complexity index is 865. The minimum absolute atomic E-state index is 0.0382. The minimum Gasteiger partial charge on any atom is -0.454 e. The van der Waals surface area contributed by atoms with Crippen LogP contribution in [0.2, 0.25) is 0 Å². The Morgan fingerprint density at radius 1 is 1.04 bits per heavy atom. The first-order chi connectivity index (χ1) is 13.3. The maximum absolute atomic E-state index is 12.2. The number of carbonyl (C=O) groups excluding carboxylic acids is 1. The molecule has 4 rings (SSSR count). The normalized spacial score (nSPS) is 16.4. The molecule has 2 aromatic carbocycles. The molecule has 0 radical (unpaired) electrons. The molecule has 1 fully saturated rings. The van der Waals surface area contributed by atoms with Crippen molar-refractivity contribution < 1.29 is 14.3 Å². The molecule has 0 bridgehead atoms. The summed E-state index contributed by atoms with van der Waals surface area (Å²) in [7, 11) is 1.55. The largest absolute Gasteiger partial charge is 0.454 e. The molecular weight excluding hydrogens is 342 g/mol. The van der Waals surface area contributed by atoms with Gasteiger partial charge in [0.1, 0.15) is 23.9 Å². The fourth-order valence-electron chi connectivity index (χ4n) is 3.50. The van der Waals surface area contributed by atoms with E-state index in [9.17, 15) is 4.79 Å². The minimum atomic E-state index is 0.0382. The van der Waals surface area contributed by atoms with Gasteiger partial charge in [0.05, 0.1) is 5.56 Å². The van der Waals surface area contributed by atoms with Crippen LogP contribution in [0, 0.1) is 0 Å². The number of carbonyl (C=O) groups is 1. The van der Waals surface area contributed by atoms with Crippen LogP contribution in [-0.4, -0.2) is 61.4 Å². The number of methoxy groups -OCH3 is 1. The molecule has 2 aromatic rings. The van der Waals surface area contributed by atoms with Gasteiger partial charge in [-0.3, -0.25) is 4.79 Å². The molecule has 0 aliphatic carbocycles. The van der Waals surface area contributed by atoms with Crippen molar-refractivity contribution in [2.24, 2.45) is 4.99 Å². The Morgan fingerprint density at radius 2 is 1.81 bits per heavy atom. The van der Waals surface area contributed by atoms with E-state index in [4.69, 9.17) is 14.5 Å². The van der Waals surface area contributed by atoms with Crippen LogP contribution >= 0.6 is 0 Å². The third kappa shape index (κ3) is 3.66. The second kappa shape index (κ2) is 7.80. The van der Waals surface area contributed by atoms with Crippen LogP contribution in [0.25, 0.3) is 0 Å². The predicted molar refractivity (Wildman–Crippen MR) is 104 cm³/mol. The maximum atomic E-state index is 12.2. The van der Waals surface area contributed by atoms with Gasteiger partial charge in [-0.1, -0.05) is 24.3 Å². The van der Waals surface area contributed by atoms with Gasteiger partial charge >= 0.3 is 0 Å². The molecule has 6 nitrogen and oxygen atoms in total. The van der Waals surface area contributed by atoms with E-state index >= 15 is 0 Å². The summed E-state index contributed by atoms with van der Waals surface area (Å²) in [6.45, 7) is 3.09. The highest BCUT2D eigenvalue weighted by Crippen LogP contribution is 2.37. The smallest absolute Gasteiger partial charge is 0.248 e. The average Bonchev–Trinajstić information content (AvgIpc) is 3.03. The van der Waals surface area contributed by atoms with Crippen LogP contribution in [0.4, 0.5) is 5.69 Å². The number of hydrogen-bond acceptors (Lipinski definition) is 5. The van der Waals surface area contributed by atoms with Gasteiger partial charge in [-0.05, 0) is 30.7 Å². The summed E-state index contributed by atoms with van der Waals surface area (Å²) in [4.78, 5) is 21.3. The van der Waals surface area contributed by atoms with Gasteiger partial charge in [-0.15, -0.1) is 0 Å². The number of nitrogens with zero attached hydrogens (tertiary/aromatic N) is 3. The molecule has 0 atom stereocenters. The van der Waals surface area contributed by atoms with Gasteiger partial charge in [0.15, 0.2) is 5.75 Å². The van der Waals surface area contributed by atoms with Crippen LogP contribution in [-0.2, 0) is 9.53 Å². The van der Waals surface area contributed by atoms with Crippen molar-refractivity contribution in [2.75, 3.05) is 39.9 Å². The molecule has 140 valence electrons. The summed E-state index contributed by atoms with van der Waals surface area (Å²) >= 11 is 0. The molecule has 1 amide bonds. The summed E-state index contributed by atoms with van der Waals surface area (Å²) < 4.78 is 11.1. The average molecular weight is 365 g/mol. The lowest BCUT2D eigenvalue weighted by Gasteiger charge is -2.25. The first-order valence-electron chi connectivity index (χ1n) is 9.23. The summed E-state index contributed by atoms with van der Waals surface area (Å²) in [5, 5.41) is 0. The van der Waals surface area contributed by atoms with Crippen LogP contribution in [0.1, 0.15) is 12.0 Å². The third-order valence-corrected chi connectivity index (χ3v) is 4.86. The number of ether oxygens (including phenoxy) is 2. The molecule has 1 saturated heterocycles. The van der Waals surface area contributed by atoms with E-state index in [1.165, 1.54) is 0 Å². The van der Waals surface area contributed by atoms with Crippen molar-refractivity contribution in [3.63, 3.8) is 0 Å². The summed E-state index contributed by atoms with van der Waals surface area (Å²) in [5.74, 6) is 2.50. The maximum Gasteiger partial charge on any atom is 0.248 e. The van der Waals surface area contributed by atoms with Crippen LogP contribution in [0.5, 0.6) is 11.5 Å². The number of benzene rings is 2. The molecule has 2 aliphatic rings. The molecule has 6 heteroatoms. The molecule has 0 spiro atoms. The zero-order valence-electron chi connectivity index (χ0n) is 15.4. The van der Waals surface area contributed by atoms with Gasteiger partial charge < -0.3 is 19.3 Å². The number of fused-ring (bicyclic) bond motifs is 2. The number of amidine groups is 1. The number of rotatable bonds is 2. The quantitative estimate of drug-likeness (QED) is 0.821. The molecule has 0 N–H and O–H groups in total. The van der Waals surface area contributed by atoms with E-state index in [1.807, 2.05) is 53.4 Å². The van der Waals surface area contributed by atoms with E-state index in [2.05, 4.69) is 4.90 Å². The fraction of sp³-hybridized carbons (Fsp3) is 0.333. The first kappa shape index (κ1) is 17.5. The summed E-state index contributed by atoms with van der Waals surface area (Å²) in [5.41, 5.74) is 1.80. The SMILES string of the molecule is COCC(=O)N1CCCN(C2=Nc3ccccc3Oc3ccccc32)CC1. The standard InChI is InChI=1S/C21H23N3O3/c1-26-15-20(25)23-11-6-12-24(14-13-23)21-16-7-2-4-9-18(16)27-19-10-5-3-8-17(19)22-21/h2-5,7-10H,6,11-15H2,1H3. The van der Waals surface area contributed by atoms with E-state index < -0.39 is 0 Å². The van der Waals surface area contributed by atoms with Crippen molar-refractivity contribution in [2.45, 2.75) is 6.42 Å². The number of aliphatic imine (C=N–C) groups is 1.